The summed E-state index contributed by atoms with van der Waals surface area (Å²) >= 11 is 0. The summed E-state index contributed by atoms with van der Waals surface area (Å²) in [5.41, 5.74) is 18.5. The number of aryl methyl sites for hydroxylation is 2. The monoisotopic (exact) mass is 635 g/mol. The second-order valence-electron chi connectivity index (χ2n) is 9.93. The van der Waals surface area contributed by atoms with Crippen LogP contribution in [0.5, 0.6) is 0 Å². The number of aliphatic carboxylic acids is 1. The van der Waals surface area contributed by atoms with Crippen LogP contribution in [-0.2, 0) is 33.7 Å². The molecule has 0 unspecified atom stereocenters. The van der Waals surface area contributed by atoms with E-state index in [0.717, 1.165) is 35.2 Å². The number of benzene rings is 4. The molecule has 1 aliphatic carbocycles. The molecule has 12 heteroatoms. The summed E-state index contributed by atoms with van der Waals surface area (Å²) in [7, 11) is 0. The molecular weight excluding hydrogens is 603 g/mol. The number of hydrogen-bond acceptors (Lipinski definition) is 7. The van der Waals surface area contributed by atoms with E-state index in [9.17, 15) is 27.6 Å². The summed E-state index contributed by atoms with van der Waals surface area (Å²) < 4.78 is 36.6. The van der Waals surface area contributed by atoms with Gasteiger partial charge < -0.3 is 26.6 Å². The molecule has 4 aromatic rings. The molecule has 240 valence electrons. The van der Waals surface area contributed by atoms with Gasteiger partial charge in [-0.1, -0.05) is 60.7 Å². The number of carboxylic acid groups (broad SMARTS) is 1. The summed E-state index contributed by atoms with van der Waals surface area (Å²) in [5, 5.41) is 10.1. The number of anilines is 1. The molecule has 0 saturated heterocycles. The number of carboxylic acids is 1. The van der Waals surface area contributed by atoms with E-state index in [1.165, 1.54) is 17.5 Å². The number of carbonyl (C=O) groups is 4. The Labute approximate surface area is 263 Å². The molecule has 0 saturated carbocycles. The lowest BCUT2D eigenvalue weighted by atomic mass is 9.99. The van der Waals surface area contributed by atoms with Crippen LogP contribution in [0.2, 0.25) is 0 Å². The number of nitrogens with two attached hydrogens (primary N) is 2. The van der Waals surface area contributed by atoms with Crippen molar-refractivity contribution in [2.45, 2.75) is 32.0 Å². The Morgan fingerprint density at radius 1 is 0.804 bits per heavy atom. The molecule has 5 rings (SSSR count). The zero-order valence-electron chi connectivity index (χ0n) is 24.6. The molecule has 0 radical (unpaired) electrons. The molecule has 9 nitrogen and oxygen atoms in total. The van der Waals surface area contributed by atoms with Crippen LogP contribution in [0.1, 0.15) is 43.8 Å². The van der Waals surface area contributed by atoms with Gasteiger partial charge in [-0.15, -0.1) is 0 Å². The number of primary amides is 1. The highest BCUT2D eigenvalue weighted by Crippen LogP contribution is 2.26. The average molecular weight is 636 g/mol. The van der Waals surface area contributed by atoms with Crippen LogP contribution in [0, 0.1) is 0 Å². The molecule has 0 atom stereocenters. The lowest BCUT2D eigenvalue weighted by Crippen LogP contribution is -2.21. The largest absolute Gasteiger partial charge is 0.490 e. The van der Waals surface area contributed by atoms with E-state index >= 15 is 0 Å². The number of fused-ring (bicyclic) bond motifs is 1. The second kappa shape index (κ2) is 16.5. The number of esters is 2. The Kier molecular flexibility index (Phi) is 12.6. The van der Waals surface area contributed by atoms with Crippen molar-refractivity contribution in [3.8, 4) is 11.1 Å². The van der Waals surface area contributed by atoms with Crippen LogP contribution in [0.25, 0.3) is 11.1 Å². The Balaban J connectivity index is 0.000000248. The van der Waals surface area contributed by atoms with Gasteiger partial charge in [-0.2, -0.15) is 13.2 Å². The average Bonchev–Trinajstić information content (AvgIpc) is 3.53. The van der Waals surface area contributed by atoms with Crippen LogP contribution in [0.4, 0.5) is 18.9 Å². The number of ether oxygens (including phenoxy) is 1. The van der Waals surface area contributed by atoms with Gasteiger partial charge in [0.2, 0.25) is 5.91 Å². The minimum absolute atomic E-state index is 0.118. The van der Waals surface area contributed by atoms with E-state index in [4.69, 9.17) is 26.1 Å². The molecule has 0 spiro atoms. The summed E-state index contributed by atoms with van der Waals surface area (Å²) in [6.07, 6.45) is -1.64. The number of nitrogens with one attached hydrogen (secondary N) is 1. The number of amides is 1. The van der Waals surface area contributed by atoms with Crippen LogP contribution in [0.15, 0.2) is 97.1 Å². The maximum atomic E-state index is 11.9. The van der Waals surface area contributed by atoms with Crippen molar-refractivity contribution >= 4 is 29.5 Å². The zero-order valence-corrected chi connectivity index (χ0v) is 24.6. The Hall–Kier alpha value is -5.49. The van der Waals surface area contributed by atoms with Crippen molar-refractivity contribution in [3.05, 3.63) is 125 Å². The molecule has 0 fully saturated rings. The molecule has 0 aliphatic heterocycles. The van der Waals surface area contributed by atoms with Crippen LogP contribution >= 0.6 is 0 Å². The van der Waals surface area contributed by atoms with E-state index in [2.05, 4.69) is 5.32 Å². The zero-order chi connectivity index (χ0) is 33.7. The molecule has 4 aromatic carbocycles. The maximum Gasteiger partial charge on any atom is 0.490 e. The normalized spacial score (nSPS) is 11.5. The van der Waals surface area contributed by atoms with Crippen molar-refractivity contribution < 1.29 is 42.2 Å². The predicted molar refractivity (Wildman–Crippen MR) is 166 cm³/mol. The van der Waals surface area contributed by atoms with Gasteiger partial charge in [0, 0.05) is 17.8 Å². The van der Waals surface area contributed by atoms with Crippen molar-refractivity contribution in [2.24, 2.45) is 11.5 Å². The predicted octanol–water partition coefficient (Wildman–Crippen LogP) is 5.52. The van der Waals surface area contributed by atoms with Crippen molar-refractivity contribution in [2.75, 3.05) is 11.9 Å². The first-order chi connectivity index (χ1) is 21.9. The fourth-order valence-electron chi connectivity index (χ4n) is 4.44. The van der Waals surface area contributed by atoms with Crippen molar-refractivity contribution in [1.29, 1.82) is 0 Å². The third kappa shape index (κ3) is 10.6. The molecule has 46 heavy (non-hydrogen) atoms. The van der Waals surface area contributed by atoms with Crippen LogP contribution < -0.4 is 16.8 Å². The van der Waals surface area contributed by atoms with Gasteiger partial charge in [-0.3, -0.25) is 4.79 Å². The summed E-state index contributed by atoms with van der Waals surface area (Å²) in [4.78, 5) is 43.5. The number of alkyl halides is 3. The van der Waals surface area contributed by atoms with E-state index in [1.54, 1.807) is 30.3 Å². The van der Waals surface area contributed by atoms with Gasteiger partial charge >= 0.3 is 24.1 Å². The highest BCUT2D eigenvalue weighted by molar-refractivity contribution is 5.97. The number of hydrogen-bond donors (Lipinski definition) is 4. The molecule has 0 heterocycles. The van der Waals surface area contributed by atoms with Crippen molar-refractivity contribution in [3.63, 3.8) is 0 Å². The fraction of sp³-hybridized carbons (Fsp3) is 0.176. The molecular formula is C34H32F3N3O6. The third-order valence-electron chi connectivity index (χ3n) is 6.69. The standard InChI is InChI=1S/C22H20N2O3.C10H11NO.C2HF3O2/c23-14-18-13-19(11-12-20(18)16-7-3-1-4-8-16)24-15-21(25)27-22(26)17-9-5-2-6-10-17;11-10(12)9-5-4-7-2-1-3-8(7)6-9;3-2(4,5)1(6)7/h1-13,24H,14-15,23H2;4-6H,1-3H2,(H2,11,12);(H,6,7). The van der Waals surface area contributed by atoms with Gasteiger partial charge in [0.15, 0.2) is 0 Å². The topological polar surface area (TPSA) is 162 Å². The van der Waals surface area contributed by atoms with Gasteiger partial charge in [0.05, 0.1) is 5.56 Å². The molecule has 0 bridgehead atoms. The third-order valence-corrected chi connectivity index (χ3v) is 6.69. The quantitative estimate of drug-likeness (QED) is 0.153. The molecule has 1 aliphatic rings. The molecule has 1 amide bonds. The summed E-state index contributed by atoms with van der Waals surface area (Å²) in [5.74, 6) is -4.40. The Bertz CT molecular complexity index is 1660. The lowest BCUT2D eigenvalue weighted by Gasteiger charge is -2.12. The maximum absolute atomic E-state index is 11.9. The Morgan fingerprint density at radius 3 is 2.00 bits per heavy atom. The van der Waals surface area contributed by atoms with E-state index in [1.807, 2.05) is 66.7 Å². The van der Waals surface area contributed by atoms with E-state index in [0.29, 0.717) is 17.7 Å². The minimum atomic E-state index is -5.08. The van der Waals surface area contributed by atoms with E-state index < -0.39 is 24.1 Å². The van der Waals surface area contributed by atoms with Gasteiger partial charge in [0.25, 0.3) is 0 Å². The summed E-state index contributed by atoms with van der Waals surface area (Å²) in [6, 6.07) is 29.8. The number of rotatable bonds is 7. The summed E-state index contributed by atoms with van der Waals surface area (Å²) in [6.45, 7) is 0.254. The number of halogens is 3. The highest BCUT2D eigenvalue weighted by atomic mass is 19.4. The first-order valence-electron chi connectivity index (χ1n) is 14.0. The first-order valence-corrected chi connectivity index (χ1v) is 14.0. The SMILES string of the molecule is NC(=O)c1ccc2c(c1)CCC2.NCc1cc(NCC(=O)OC(=O)c2ccccc2)ccc1-c1ccccc1.O=C(O)C(F)(F)F. The fourth-order valence-corrected chi connectivity index (χ4v) is 4.44. The molecule has 0 aromatic heterocycles. The smallest absolute Gasteiger partial charge is 0.475 e. The van der Waals surface area contributed by atoms with E-state index in [-0.39, 0.29) is 12.5 Å². The van der Waals surface area contributed by atoms with Gasteiger partial charge in [-0.25, -0.2) is 14.4 Å². The van der Waals surface area contributed by atoms with Gasteiger partial charge in [0.1, 0.15) is 6.54 Å². The highest BCUT2D eigenvalue weighted by Gasteiger charge is 2.38. The van der Waals surface area contributed by atoms with Crippen molar-refractivity contribution in [1.82, 2.24) is 0 Å². The van der Waals surface area contributed by atoms with Gasteiger partial charge in [-0.05, 0) is 83.5 Å². The van der Waals surface area contributed by atoms with Crippen LogP contribution in [0.3, 0.4) is 0 Å². The minimum Gasteiger partial charge on any atom is -0.475 e. The Morgan fingerprint density at radius 2 is 1.41 bits per heavy atom. The van der Waals surface area contributed by atoms with Crippen LogP contribution in [-0.4, -0.2) is 41.6 Å². The lowest BCUT2D eigenvalue weighted by molar-refractivity contribution is -0.192. The second-order valence-corrected chi connectivity index (χ2v) is 9.93. The first kappa shape index (κ1) is 35.0. The number of carbonyl (C=O) groups excluding carboxylic acids is 3. The molecule has 6 N–H and O–H groups in total.